The minimum Gasteiger partial charge on any atom is -0.480 e. The first-order valence-corrected chi connectivity index (χ1v) is 7.27. The van der Waals surface area contributed by atoms with E-state index in [2.05, 4.69) is 4.98 Å². The van der Waals surface area contributed by atoms with Crippen LogP contribution in [0.3, 0.4) is 0 Å². The van der Waals surface area contributed by atoms with Crippen LogP contribution in [0.4, 0.5) is 13.2 Å². The molecule has 0 unspecified atom stereocenters. The van der Waals surface area contributed by atoms with Crippen molar-refractivity contribution in [3.63, 3.8) is 0 Å². The highest BCUT2D eigenvalue weighted by atomic mass is 19.4. The van der Waals surface area contributed by atoms with Crippen LogP contribution in [0.1, 0.15) is 18.2 Å². The van der Waals surface area contributed by atoms with Crippen LogP contribution in [0.2, 0.25) is 0 Å². The average Bonchev–Trinajstić information content (AvgIpc) is 2.54. The Morgan fingerprint density at radius 3 is 2.50 bits per heavy atom. The summed E-state index contributed by atoms with van der Waals surface area (Å²) in [4.78, 5) is 17.8. The number of alkyl halides is 3. The Balaban J connectivity index is 2.07. The smallest absolute Gasteiger partial charge is 0.419 e. The van der Waals surface area contributed by atoms with Crippen LogP contribution in [0.5, 0.6) is 5.75 Å². The first-order valence-electron chi connectivity index (χ1n) is 7.27. The first-order chi connectivity index (χ1) is 11.3. The number of carbonyl (C=O) groups is 1. The summed E-state index contributed by atoms with van der Waals surface area (Å²) in [5.41, 5.74) is -0.228. The molecule has 1 aromatic heterocycles. The van der Waals surface area contributed by atoms with Gasteiger partial charge in [0, 0.05) is 13.2 Å². The molecular formula is C17H17F3N2O2. The molecule has 2 aromatic rings. The van der Waals surface area contributed by atoms with Crippen LogP contribution in [0.15, 0.2) is 48.7 Å². The number of halogens is 3. The fourth-order valence-corrected chi connectivity index (χ4v) is 2.17. The normalized spacial score (nSPS) is 12.5. The summed E-state index contributed by atoms with van der Waals surface area (Å²) in [7, 11) is 1.55. The minimum absolute atomic E-state index is 0.244. The molecule has 2 rings (SSSR count). The van der Waals surface area contributed by atoms with E-state index in [9.17, 15) is 18.0 Å². The monoisotopic (exact) mass is 338 g/mol. The van der Waals surface area contributed by atoms with Gasteiger partial charge in [-0.3, -0.25) is 9.78 Å². The number of carbonyl (C=O) groups excluding carboxylic acids is 1. The number of aromatic nitrogens is 1. The molecule has 0 aliphatic heterocycles. The van der Waals surface area contributed by atoms with Gasteiger partial charge in [0.25, 0.3) is 5.91 Å². The molecule has 0 spiro atoms. The second-order valence-electron chi connectivity index (χ2n) is 5.27. The summed E-state index contributed by atoms with van der Waals surface area (Å²) in [6.45, 7) is 1.67. The number of rotatable bonds is 5. The predicted molar refractivity (Wildman–Crippen MR) is 82.2 cm³/mol. The van der Waals surface area contributed by atoms with Crippen LogP contribution >= 0.6 is 0 Å². The summed E-state index contributed by atoms with van der Waals surface area (Å²) >= 11 is 0. The maximum absolute atomic E-state index is 13.0. The third-order valence-corrected chi connectivity index (χ3v) is 3.35. The largest absolute Gasteiger partial charge is 0.480 e. The maximum atomic E-state index is 13.0. The highest BCUT2D eigenvalue weighted by Gasteiger charge is 2.35. The molecule has 0 radical (unpaired) electrons. The number of benzene rings is 1. The lowest BCUT2D eigenvalue weighted by atomic mass is 10.2. The SMILES string of the molecule is C[C@@H](Oc1ccccc1C(F)(F)F)C(=O)N(C)Cc1ccccn1. The van der Waals surface area contributed by atoms with Gasteiger partial charge in [0.2, 0.25) is 0 Å². The average molecular weight is 338 g/mol. The molecule has 7 heteroatoms. The topological polar surface area (TPSA) is 42.4 Å². The summed E-state index contributed by atoms with van der Waals surface area (Å²) in [5, 5.41) is 0. The second-order valence-corrected chi connectivity index (χ2v) is 5.27. The van der Waals surface area contributed by atoms with E-state index >= 15 is 0 Å². The van der Waals surface area contributed by atoms with Crippen LogP contribution < -0.4 is 4.74 Å². The van der Waals surface area contributed by atoms with Crippen molar-refractivity contribution < 1.29 is 22.7 Å². The Labute approximate surface area is 137 Å². The summed E-state index contributed by atoms with van der Waals surface area (Å²) in [6, 6.07) is 10.1. The fraction of sp³-hybridized carbons (Fsp3) is 0.294. The third kappa shape index (κ3) is 4.47. The Morgan fingerprint density at radius 1 is 1.21 bits per heavy atom. The Kier molecular flexibility index (Phi) is 5.43. The van der Waals surface area contributed by atoms with Crippen molar-refractivity contribution in [2.45, 2.75) is 25.7 Å². The zero-order valence-corrected chi connectivity index (χ0v) is 13.2. The molecule has 24 heavy (non-hydrogen) atoms. The van der Waals surface area contributed by atoms with Gasteiger partial charge in [-0.25, -0.2) is 0 Å². The van der Waals surface area contributed by atoms with Crippen LogP contribution in [-0.4, -0.2) is 28.9 Å². The highest BCUT2D eigenvalue weighted by molar-refractivity contribution is 5.80. The lowest BCUT2D eigenvalue weighted by molar-refractivity contribution is -0.143. The van der Waals surface area contributed by atoms with E-state index in [0.29, 0.717) is 5.69 Å². The Hall–Kier alpha value is -2.57. The molecule has 1 aromatic carbocycles. The zero-order chi connectivity index (χ0) is 17.7. The Bertz CT molecular complexity index is 690. The minimum atomic E-state index is -4.54. The molecule has 1 atom stereocenters. The van der Waals surface area contributed by atoms with Crippen molar-refractivity contribution in [2.24, 2.45) is 0 Å². The number of para-hydroxylation sites is 1. The van der Waals surface area contributed by atoms with E-state index in [1.165, 1.54) is 30.0 Å². The van der Waals surface area contributed by atoms with Gasteiger partial charge in [0.15, 0.2) is 6.10 Å². The second kappa shape index (κ2) is 7.33. The molecule has 128 valence electrons. The number of amides is 1. The van der Waals surface area contributed by atoms with Gasteiger partial charge in [-0.1, -0.05) is 18.2 Å². The van der Waals surface area contributed by atoms with Crippen LogP contribution in [0.25, 0.3) is 0 Å². The van der Waals surface area contributed by atoms with Gasteiger partial charge in [-0.15, -0.1) is 0 Å². The molecule has 0 N–H and O–H groups in total. The van der Waals surface area contributed by atoms with E-state index < -0.39 is 23.8 Å². The highest BCUT2D eigenvalue weighted by Crippen LogP contribution is 2.36. The zero-order valence-electron chi connectivity index (χ0n) is 13.2. The lowest BCUT2D eigenvalue weighted by Crippen LogP contribution is -2.38. The van der Waals surface area contributed by atoms with Crippen molar-refractivity contribution in [3.05, 3.63) is 59.9 Å². The van der Waals surface area contributed by atoms with Gasteiger partial charge >= 0.3 is 6.18 Å². The number of likely N-dealkylation sites (N-methyl/N-ethyl adjacent to an activating group) is 1. The lowest BCUT2D eigenvalue weighted by Gasteiger charge is -2.23. The Morgan fingerprint density at radius 2 is 1.88 bits per heavy atom. The third-order valence-electron chi connectivity index (χ3n) is 3.35. The van der Waals surface area contributed by atoms with Gasteiger partial charge in [0.05, 0.1) is 17.8 Å². The van der Waals surface area contributed by atoms with E-state index in [1.807, 2.05) is 0 Å². The van der Waals surface area contributed by atoms with Crippen LogP contribution in [0, 0.1) is 0 Å². The molecule has 4 nitrogen and oxygen atoms in total. The number of hydrogen-bond donors (Lipinski definition) is 0. The van der Waals surface area contributed by atoms with E-state index in [0.717, 1.165) is 6.07 Å². The molecule has 1 amide bonds. The number of nitrogens with zero attached hydrogens (tertiary/aromatic N) is 2. The standard InChI is InChI=1S/C17H17F3N2O2/c1-12(16(23)22(2)11-13-7-5-6-10-21-13)24-15-9-4-3-8-14(15)17(18,19)20/h3-10,12H,11H2,1-2H3/t12-/m1/s1. The van der Waals surface area contributed by atoms with Crippen molar-refractivity contribution in [1.82, 2.24) is 9.88 Å². The van der Waals surface area contributed by atoms with Gasteiger partial charge in [-0.2, -0.15) is 13.2 Å². The number of hydrogen-bond acceptors (Lipinski definition) is 3. The van der Waals surface area contributed by atoms with E-state index in [4.69, 9.17) is 4.74 Å². The van der Waals surface area contributed by atoms with Crippen molar-refractivity contribution in [1.29, 1.82) is 0 Å². The van der Waals surface area contributed by atoms with Gasteiger partial charge in [-0.05, 0) is 31.2 Å². The number of pyridine rings is 1. The fourth-order valence-electron chi connectivity index (χ4n) is 2.17. The molecule has 0 fully saturated rings. The predicted octanol–water partition coefficient (Wildman–Crippen LogP) is 3.53. The molecule has 0 bridgehead atoms. The molecular weight excluding hydrogens is 321 g/mol. The van der Waals surface area contributed by atoms with Crippen molar-refractivity contribution in [3.8, 4) is 5.75 Å². The summed E-state index contributed by atoms with van der Waals surface area (Å²) < 4.78 is 44.1. The van der Waals surface area contributed by atoms with E-state index in [-0.39, 0.29) is 12.3 Å². The molecule has 1 heterocycles. The van der Waals surface area contributed by atoms with Gasteiger partial charge < -0.3 is 9.64 Å². The summed E-state index contributed by atoms with van der Waals surface area (Å²) in [6.07, 6.45) is -3.99. The van der Waals surface area contributed by atoms with Crippen molar-refractivity contribution in [2.75, 3.05) is 7.05 Å². The summed E-state index contributed by atoms with van der Waals surface area (Å²) in [5.74, 6) is -0.797. The molecule has 0 saturated heterocycles. The maximum Gasteiger partial charge on any atom is 0.419 e. The molecule has 0 aliphatic rings. The quantitative estimate of drug-likeness (QED) is 0.838. The van der Waals surface area contributed by atoms with E-state index in [1.54, 1.807) is 31.4 Å². The first kappa shape index (κ1) is 17.8. The van der Waals surface area contributed by atoms with Crippen LogP contribution in [-0.2, 0) is 17.5 Å². The molecule has 0 saturated carbocycles. The van der Waals surface area contributed by atoms with Crippen molar-refractivity contribution >= 4 is 5.91 Å². The number of ether oxygens (including phenoxy) is 1. The molecule has 0 aliphatic carbocycles. The van der Waals surface area contributed by atoms with Gasteiger partial charge in [0.1, 0.15) is 5.75 Å².